The lowest BCUT2D eigenvalue weighted by atomic mass is 9.89. The zero-order chi connectivity index (χ0) is 26.9. The van der Waals surface area contributed by atoms with E-state index >= 15 is 0 Å². The number of anilines is 2. The predicted octanol–water partition coefficient (Wildman–Crippen LogP) is 3.67. The summed E-state index contributed by atoms with van der Waals surface area (Å²) in [6.07, 6.45) is -3.00. The highest BCUT2D eigenvalue weighted by Crippen LogP contribution is 2.32. The second kappa shape index (κ2) is 10.1. The lowest BCUT2D eigenvalue weighted by Crippen LogP contribution is -2.39. The number of primary amides is 1. The lowest BCUT2D eigenvalue weighted by Gasteiger charge is -2.30. The van der Waals surface area contributed by atoms with Gasteiger partial charge in [-0.25, -0.2) is 8.42 Å². The summed E-state index contributed by atoms with van der Waals surface area (Å²) in [6, 6.07) is 2.71. The molecule has 1 aromatic heterocycles. The number of amides is 1. The van der Waals surface area contributed by atoms with Crippen LogP contribution < -0.4 is 16.4 Å². The molecule has 5 N–H and O–H groups in total. The van der Waals surface area contributed by atoms with E-state index in [9.17, 15) is 39.6 Å². The van der Waals surface area contributed by atoms with Gasteiger partial charge in [0.1, 0.15) is 5.56 Å². The van der Waals surface area contributed by atoms with Crippen LogP contribution in [0.5, 0.6) is 0 Å². The fourth-order valence-electron chi connectivity index (χ4n) is 3.73. The molecule has 16 heteroatoms. The van der Waals surface area contributed by atoms with Crippen LogP contribution in [0.15, 0.2) is 35.4 Å². The first-order valence-electron chi connectivity index (χ1n) is 10.5. The number of aromatic nitrogens is 2. The maximum Gasteiger partial charge on any atom is 0.501 e. The smallest absolute Gasteiger partial charge is 0.365 e. The Morgan fingerprint density at radius 1 is 1.14 bits per heavy atom. The molecule has 0 radical (unpaired) electrons. The van der Waals surface area contributed by atoms with Gasteiger partial charge >= 0.3 is 11.7 Å². The maximum absolute atomic E-state index is 12.7. The number of nitrogens with two attached hydrogens (primary N) is 1. The van der Waals surface area contributed by atoms with Crippen LogP contribution >= 0.6 is 0 Å². The van der Waals surface area contributed by atoms with E-state index in [1.54, 1.807) is 0 Å². The van der Waals surface area contributed by atoms with Crippen molar-refractivity contribution in [2.75, 3.05) is 11.9 Å². The van der Waals surface area contributed by atoms with Crippen molar-refractivity contribution < 1.29 is 39.6 Å². The van der Waals surface area contributed by atoms with E-state index in [1.807, 2.05) is 0 Å². The van der Waals surface area contributed by atoms with Gasteiger partial charge in [-0.05, 0) is 37.1 Å². The molecule has 0 unspecified atom stereocenters. The van der Waals surface area contributed by atoms with Crippen molar-refractivity contribution in [1.82, 2.24) is 15.1 Å². The van der Waals surface area contributed by atoms with Crippen molar-refractivity contribution in [2.24, 2.45) is 5.73 Å². The highest BCUT2D eigenvalue weighted by molar-refractivity contribution is 7.92. The molecule has 9 nitrogen and oxygen atoms in total. The van der Waals surface area contributed by atoms with E-state index in [0.29, 0.717) is 12.8 Å². The maximum atomic E-state index is 12.7. The van der Waals surface area contributed by atoms with Crippen LogP contribution in [0, 0.1) is 5.41 Å². The molecule has 0 aliphatic heterocycles. The third kappa shape index (κ3) is 6.34. The van der Waals surface area contributed by atoms with E-state index < -0.39 is 44.8 Å². The number of nitrogens with zero attached hydrogens (tertiary/aromatic N) is 2. The minimum atomic E-state index is -5.53. The fraction of sp³-hybridized carbons (Fsp3) is 0.450. The average molecular weight is 540 g/mol. The largest absolute Gasteiger partial charge is 0.501 e. The summed E-state index contributed by atoms with van der Waals surface area (Å²) >= 11 is 0. The SMILES string of the molecule is N=C1C[C@H](NCCC(F)(F)F)CC[C@@H]1n1cc(C(N)=O)c(Nc2ccc(S(=O)(=O)C(F)(F)F)cc2)n1. The van der Waals surface area contributed by atoms with Crippen molar-refractivity contribution >= 4 is 33.0 Å². The summed E-state index contributed by atoms with van der Waals surface area (Å²) < 4.78 is 99.5. The molecule has 0 saturated heterocycles. The zero-order valence-corrected chi connectivity index (χ0v) is 19.3. The first kappa shape index (κ1) is 27.4. The average Bonchev–Trinajstić information content (AvgIpc) is 3.16. The standard InChI is InChI=1S/C20H22F6N6O3S/c21-19(22,23)7-8-29-12-3-6-16(15(27)9-12)32-10-14(17(28)33)18(31-32)30-11-1-4-13(5-2-11)36(34,35)20(24,25)26/h1-2,4-5,10,12,16,27,29H,3,6-9H2,(H2,28,33)(H,30,31)/t12-,16+/m1/s1. The highest BCUT2D eigenvalue weighted by atomic mass is 32.2. The van der Waals surface area contributed by atoms with Gasteiger partial charge in [-0.3, -0.25) is 9.48 Å². The molecule has 1 saturated carbocycles. The summed E-state index contributed by atoms with van der Waals surface area (Å²) in [5.41, 5.74) is 0.150. The summed E-state index contributed by atoms with van der Waals surface area (Å²) in [5.74, 6) is -0.943. The van der Waals surface area contributed by atoms with E-state index in [0.717, 1.165) is 24.3 Å². The number of carbonyl (C=O) groups excluding carboxylic acids is 1. The first-order chi connectivity index (χ1) is 16.6. The molecule has 1 aliphatic carbocycles. The van der Waals surface area contributed by atoms with Gasteiger partial charge in [0.25, 0.3) is 15.7 Å². The number of carbonyl (C=O) groups is 1. The Balaban J connectivity index is 1.72. The molecule has 198 valence electrons. The Hall–Kier alpha value is -3.14. The topological polar surface area (TPSA) is 143 Å². The Morgan fingerprint density at radius 2 is 1.78 bits per heavy atom. The van der Waals surface area contributed by atoms with E-state index in [4.69, 9.17) is 11.1 Å². The number of benzene rings is 1. The van der Waals surface area contributed by atoms with Crippen molar-refractivity contribution in [2.45, 2.75) is 54.3 Å². The van der Waals surface area contributed by atoms with Gasteiger partial charge in [0, 0.05) is 36.6 Å². The van der Waals surface area contributed by atoms with E-state index in [1.165, 1.54) is 10.9 Å². The van der Waals surface area contributed by atoms with Gasteiger partial charge in [-0.2, -0.15) is 31.4 Å². The molecule has 0 bridgehead atoms. The Kier molecular flexibility index (Phi) is 7.69. The molecular weight excluding hydrogens is 518 g/mol. The van der Waals surface area contributed by atoms with Crippen molar-refractivity contribution in [1.29, 1.82) is 5.41 Å². The molecule has 1 heterocycles. The van der Waals surface area contributed by atoms with Crippen LogP contribution in [0.25, 0.3) is 0 Å². The van der Waals surface area contributed by atoms with Crippen molar-refractivity contribution in [3.8, 4) is 0 Å². The normalized spacial score (nSPS) is 19.3. The Morgan fingerprint density at radius 3 is 2.31 bits per heavy atom. The second-order valence-electron chi connectivity index (χ2n) is 8.17. The van der Waals surface area contributed by atoms with Gasteiger partial charge in [0.2, 0.25) is 0 Å². The molecule has 1 amide bonds. The third-order valence-corrected chi connectivity index (χ3v) is 7.05. The molecular formula is C20H22F6N6O3S. The molecule has 1 aromatic carbocycles. The molecule has 2 atom stereocenters. The van der Waals surface area contributed by atoms with Gasteiger partial charge in [-0.1, -0.05) is 0 Å². The number of rotatable bonds is 8. The molecule has 3 rings (SSSR count). The summed E-state index contributed by atoms with van der Waals surface area (Å²) in [4.78, 5) is 10.9. The van der Waals surface area contributed by atoms with Crippen LogP contribution in [0.4, 0.5) is 37.8 Å². The Labute approximate surface area is 201 Å². The second-order valence-corrected chi connectivity index (χ2v) is 10.1. The number of halogens is 6. The fourth-order valence-corrected chi connectivity index (χ4v) is 4.49. The minimum absolute atomic E-state index is 0.0628. The molecule has 1 aliphatic rings. The van der Waals surface area contributed by atoms with Gasteiger partial charge in [-0.15, -0.1) is 0 Å². The highest BCUT2D eigenvalue weighted by Gasteiger charge is 2.46. The number of sulfone groups is 1. The number of nitrogens with one attached hydrogen (secondary N) is 3. The molecule has 0 spiro atoms. The molecule has 36 heavy (non-hydrogen) atoms. The summed E-state index contributed by atoms with van der Waals surface area (Å²) in [7, 11) is -5.53. The summed E-state index contributed by atoms with van der Waals surface area (Å²) in [6.45, 7) is -0.267. The zero-order valence-electron chi connectivity index (χ0n) is 18.4. The third-order valence-electron chi connectivity index (χ3n) is 5.55. The lowest BCUT2D eigenvalue weighted by molar-refractivity contribution is -0.133. The van der Waals surface area contributed by atoms with Crippen LogP contribution in [0.2, 0.25) is 0 Å². The van der Waals surface area contributed by atoms with Gasteiger partial charge < -0.3 is 21.8 Å². The number of hydrogen-bond donors (Lipinski definition) is 4. The van der Waals surface area contributed by atoms with Gasteiger partial charge in [0.15, 0.2) is 5.82 Å². The van der Waals surface area contributed by atoms with Crippen LogP contribution in [0.1, 0.15) is 42.1 Å². The predicted molar refractivity (Wildman–Crippen MR) is 117 cm³/mol. The van der Waals surface area contributed by atoms with E-state index in [-0.39, 0.29) is 41.8 Å². The van der Waals surface area contributed by atoms with E-state index in [2.05, 4.69) is 15.7 Å². The van der Waals surface area contributed by atoms with Crippen LogP contribution in [-0.4, -0.2) is 54.1 Å². The van der Waals surface area contributed by atoms with Gasteiger partial charge in [0.05, 0.1) is 17.4 Å². The van der Waals surface area contributed by atoms with Crippen LogP contribution in [-0.2, 0) is 9.84 Å². The quantitative estimate of drug-likeness (QED) is 0.376. The van der Waals surface area contributed by atoms with Crippen molar-refractivity contribution in [3.05, 3.63) is 36.0 Å². The van der Waals surface area contributed by atoms with Crippen molar-refractivity contribution in [3.63, 3.8) is 0 Å². The first-order valence-corrected chi connectivity index (χ1v) is 12.0. The number of hydrogen-bond acceptors (Lipinski definition) is 7. The molecule has 2 aromatic rings. The van der Waals surface area contributed by atoms with Crippen LogP contribution in [0.3, 0.4) is 0 Å². The molecule has 1 fully saturated rings. The summed E-state index contributed by atoms with van der Waals surface area (Å²) in [5, 5.41) is 18.0. The number of alkyl halides is 6. The monoisotopic (exact) mass is 540 g/mol. The minimum Gasteiger partial charge on any atom is -0.365 e. The Bertz CT molecular complexity index is 1220.